The second-order valence-corrected chi connectivity index (χ2v) is 4.99. The summed E-state index contributed by atoms with van der Waals surface area (Å²) in [5, 5.41) is 9.13. The Morgan fingerprint density at radius 2 is 2.24 bits per heavy atom. The zero-order chi connectivity index (χ0) is 15.6. The number of carbonyl (C=O) groups is 1. The molecule has 1 aromatic heterocycles. The summed E-state index contributed by atoms with van der Waals surface area (Å²) in [5.41, 5.74) is 5.77. The van der Waals surface area contributed by atoms with Crippen LogP contribution >= 0.6 is 15.9 Å². The Balaban J connectivity index is 2.36. The molecule has 0 saturated heterocycles. The predicted octanol–water partition coefficient (Wildman–Crippen LogP) is 2.80. The Labute approximate surface area is 127 Å². The Bertz CT molecular complexity index is 696. The van der Waals surface area contributed by atoms with Gasteiger partial charge in [-0.1, -0.05) is 0 Å². The number of nitrogens with zero attached hydrogens (tertiary/aromatic N) is 2. The summed E-state index contributed by atoms with van der Waals surface area (Å²) >= 11 is 3.13. The van der Waals surface area contributed by atoms with Crippen molar-refractivity contribution in [1.29, 1.82) is 0 Å². The van der Waals surface area contributed by atoms with Crippen molar-refractivity contribution >= 4 is 27.7 Å². The van der Waals surface area contributed by atoms with Gasteiger partial charge in [0.25, 0.3) is 5.88 Å². The number of hydrogen-bond acceptors (Lipinski definition) is 5. The number of hydrogen-bond donors (Lipinski definition) is 2. The fourth-order valence-electron chi connectivity index (χ4n) is 1.74. The monoisotopic (exact) mass is 355 g/mol. The molecule has 110 valence electrons. The number of carboxylic acid groups (broad SMARTS) is 1. The van der Waals surface area contributed by atoms with Crippen molar-refractivity contribution in [3.63, 3.8) is 0 Å². The largest absolute Gasteiger partial charge is 0.478 e. The first-order valence-corrected chi connectivity index (χ1v) is 6.65. The van der Waals surface area contributed by atoms with Gasteiger partial charge in [0.2, 0.25) is 0 Å². The molecule has 21 heavy (non-hydrogen) atoms. The molecule has 1 aromatic carbocycles. The number of nitrogens with two attached hydrogens (primary N) is 1. The molecule has 0 amide bonds. The minimum atomic E-state index is -1.17. The first-order valence-electron chi connectivity index (χ1n) is 5.86. The van der Waals surface area contributed by atoms with E-state index >= 15 is 0 Å². The number of aromatic carboxylic acids is 1. The number of rotatable bonds is 4. The molecule has 3 N–H and O–H groups in total. The summed E-state index contributed by atoms with van der Waals surface area (Å²) in [6.07, 6.45) is 0.635. The molecular formula is C13H11BrFN3O3. The number of benzene rings is 1. The van der Waals surface area contributed by atoms with Crippen LogP contribution in [0.1, 0.15) is 28.9 Å². The first-order chi connectivity index (χ1) is 9.88. The molecule has 1 atom stereocenters. The highest BCUT2D eigenvalue weighted by molar-refractivity contribution is 9.10. The first kappa shape index (κ1) is 15.2. The van der Waals surface area contributed by atoms with Gasteiger partial charge >= 0.3 is 5.97 Å². The minimum absolute atomic E-state index is 0.0393. The van der Waals surface area contributed by atoms with Crippen LogP contribution in [0.15, 0.2) is 29.0 Å². The van der Waals surface area contributed by atoms with Crippen molar-refractivity contribution in [3.8, 4) is 5.88 Å². The van der Waals surface area contributed by atoms with Crippen molar-refractivity contribution < 1.29 is 19.0 Å². The van der Waals surface area contributed by atoms with E-state index in [1.807, 2.05) is 0 Å². The van der Waals surface area contributed by atoms with Gasteiger partial charge in [-0.25, -0.2) is 19.2 Å². The lowest BCUT2D eigenvalue weighted by Crippen LogP contribution is -2.12. The molecular weight excluding hydrogens is 345 g/mol. The molecule has 6 nitrogen and oxygen atoms in total. The van der Waals surface area contributed by atoms with E-state index < -0.39 is 17.9 Å². The summed E-state index contributed by atoms with van der Waals surface area (Å²) < 4.78 is 19.3. The van der Waals surface area contributed by atoms with E-state index in [1.54, 1.807) is 6.92 Å². The maximum Gasteiger partial charge on any atom is 0.336 e. The number of aromatic nitrogens is 2. The van der Waals surface area contributed by atoms with E-state index in [1.165, 1.54) is 12.3 Å². The third-order valence-electron chi connectivity index (χ3n) is 2.71. The van der Waals surface area contributed by atoms with Crippen molar-refractivity contribution in [1.82, 2.24) is 9.97 Å². The Kier molecular flexibility index (Phi) is 4.37. The van der Waals surface area contributed by atoms with Crippen molar-refractivity contribution in [2.75, 3.05) is 5.73 Å². The zero-order valence-electron chi connectivity index (χ0n) is 10.9. The summed E-state index contributed by atoms with van der Waals surface area (Å²) in [7, 11) is 0. The molecule has 1 unspecified atom stereocenters. The van der Waals surface area contributed by atoms with E-state index in [0.29, 0.717) is 4.60 Å². The summed E-state index contributed by atoms with van der Waals surface area (Å²) in [6.45, 7) is 1.57. The summed E-state index contributed by atoms with van der Waals surface area (Å²) in [4.78, 5) is 19.0. The number of anilines is 1. The average molecular weight is 356 g/mol. The van der Waals surface area contributed by atoms with E-state index in [0.717, 1.165) is 12.1 Å². The second-order valence-electron chi connectivity index (χ2n) is 4.18. The molecule has 0 spiro atoms. The highest BCUT2D eigenvalue weighted by atomic mass is 79.9. The van der Waals surface area contributed by atoms with Crippen molar-refractivity contribution in [2.45, 2.75) is 13.0 Å². The standard InChI is InChI=1S/C13H11BrFN3O3/c1-6(21-12-11(16)17-5-10(14)18-12)9-4-7(15)2-3-8(9)13(19)20/h2-6H,1H3,(H2,16,17)(H,19,20). The normalized spacial score (nSPS) is 12.0. The molecule has 0 aliphatic heterocycles. The van der Waals surface area contributed by atoms with Gasteiger partial charge in [-0.2, -0.15) is 0 Å². The van der Waals surface area contributed by atoms with Gasteiger partial charge in [0.05, 0.1) is 11.8 Å². The summed E-state index contributed by atoms with van der Waals surface area (Å²) in [5.74, 6) is -1.64. The van der Waals surface area contributed by atoms with Crippen LogP contribution in [0.3, 0.4) is 0 Å². The molecule has 0 saturated carbocycles. The number of halogens is 2. The number of carboxylic acids is 1. The van der Waals surface area contributed by atoms with E-state index in [2.05, 4.69) is 25.9 Å². The van der Waals surface area contributed by atoms with Crippen LogP contribution in [0.4, 0.5) is 10.2 Å². The van der Waals surface area contributed by atoms with Gasteiger partial charge in [0.1, 0.15) is 16.5 Å². The Morgan fingerprint density at radius 1 is 1.52 bits per heavy atom. The van der Waals surface area contributed by atoms with Crippen LogP contribution < -0.4 is 10.5 Å². The van der Waals surface area contributed by atoms with Gasteiger partial charge in [-0.15, -0.1) is 0 Å². The second kappa shape index (κ2) is 6.04. The van der Waals surface area contributed by atoms with Gasteiger partial charge in [-0.05, 0) is 41.1 Å². The smallest absolute Gasteiger partial charge is 0.336 e. The highest BCUT2D eigenvalue weighted by Crippen LogP contribution is 2.27. The maximum absolute atomic E-state index is 13.3. The van der Waals surface area contributed by atoms with Crippen LogP contribution in [-0.2, 0) is 0 Å². The number of nitrogen functional groups attached to an aromatic ring is 1. The van der Waals surface area contributed by atoms with Gasteiger partial charge in [0, 0.05) is 5.56 Å². The van der Waals surface area contributed by atoms with Gasteiger partial charge < -0.3 is 15.6 Å². The lowest BCUT2D eigenvalue weighted by molar-refractivity contribution is 0.0691. The fraction of sp³-hybridized carbons (Fsp3) is 0.154. The highest BCUT2D eigenvalue weighted by Gasteiger charge is 2.19. The van der Waals surface area contributed by atoms with Crippen LogP contribution in [-0.4, -0.2) is 21.0 Å². The third kappa shape index (κ3) is 3.46. The Hall–Kier alpha value is -2.22. The molecule has 1 heterocycles. The molecule has 0 fully saturated rings. The van der Waals surface area contributed by atoms with Crippen molar-refractivity contribution in [3.05, 3.63) is 45.9 Å². The molecule has 0 bridgehead atoms. The topological polar surface area (TPSA) is 98.3 Å². The Morgan fingerprint density at radius 3 is 2.90 bits per heavy atom. The van der Waals surface area contributed by atoms with E-state index in [4.69, 9.17) is 15.6 Å². The molecule has 0 aliphatic rings. The van der Waals surface area contributed by atoms with Crippen LogP contribution in [0.5, 0.6) is 5.88 Å². The molecule has 2 aromatic rings. The minimum Gasteiger partial charge on any atom is -0.478 e. The van der Waals surface area contributed by atoms with Gasteiger partial charge in [0.15, 0.2) is 5.82 Å². The SMILES string of the molecule is CC(Oc1nc(Br)cnc1N)c1cc(F)ccc1C(=O)O. The molecule has 8 heteroatoms. The molecule has 2 rings (SSSR count). The van der Waals surface area contributed by atoms with Crippen molar-refractivity contribution in [2.24, 2.45) is 0 Å². The van der Waals surface area contributed by atoms with Crippen LogP contribution in [0, 0.1) is 5.82 Å². The lowest BCUT2D eigenvalue weighted by Gasteiger charge is -2.17. The zero-order valence-corrected chi connectivity index (χ0v) is 12.5. The lowest BCUT2D eigenvalue weighted by atomic mass is 10.0. The fourth-order valence-corrected chi connectivity index (χ4v) is 2.01. The van der Waals surface area contributed by atoms with E-state index in [9.17, 15) is 9.18 Å². The maximum atomic E-state index is 13.3. The van der Waals surface area contributed by atoms with Gasteiger partial charge in [-0.3, -0.25) is 0 Å². The van der Waals surface area contributed by atoms with Crippen LogP contribution in [0.2, 0.25) is 0 Å². The predicted molar refractivity (Wildman–Crippen MR) is 76.5 cm³/mol. The molecule has 0 radical (unpaired) electrons. The number of ether oxygens (including phenoxy) is 1. The van der Waals surface area contributed by atoms with Crippen LogP contribution in [0.25, 0.3) is 0 Å². The summed E-state index contributed by atoms with van der Waals surface area (Å²) in [6, 6.07) is 3.37. The third-order valence-corrected chi connectivity index (χ3v) is 3.09. The quantitative estimate of drug-likeness (QED) is 0.874. The van der Waals surface area contributed by atoms with E-state index in [-0.39, 0.29) is 22.8 Å². The average Bonchev–Trinajstić information content (AvgIpc) is 2.42. The molecule has 0 aliphatic carbocycles.